The highest BCUT2D eigenvalue weighted by Crippen LogP contribution is 2.17. The van der Waals surface area contributed by atoms with E-state index in [4.69, 9.17) is 10.5 Å². The van der Waals surface area contributed by atoms with Gasteiger partial charge < -0.3 is 21.1 Å². The number of benzene rings is 1. The van der Waals surface area contributed by atoms with E-state index >= 15 is 0 Å². The van der Waals surface area contributed by atoms with Gasteiger partial charge in [0.2, 0.25) is 11.8 Å². The first kappa shape index (κ1) is 15.5. The molecule has 0 spiro atoms. The van der Waals surface area contributed by atoms with Crippen molar-refractivity contribution in [1.29, 1.82) is 0 Å². The van der Waals surface area contributed by atoms with E-state index in [2.05, 4.69) is 17.6 Å². The number of nitrogens with two attached hydrogens (primary N) is 1. The van der Waals surface area contributed by atoms with Gasteiger partial charge in [-0.3, -0.25) is 9.59 Å². The molecule has 1 aliphatic rings. The van der Waals surface area contributed by atoms with Crippen LogP contribution in [0.5, 0.6) is 0 Å². The minimum absolute atomic E-state index is 0.0317. The van der Waals surface area contributed by atoms with Crippen LogP contribution in [0.25, 0.3) is 0 Å². The summed E-state index contributed by atoms with van der Waals surface area (Å²) in [6, 6.07) is 6.64. The fourth-order valence-electron chi connectivity index (χ4n) is 2.33. The van der Waals surface area contributed by atoms with Gasteiger partial charge in [-0.1, -0.05) is 13.0 Å². The van der Waals surface area contributed by atoms with Gasteiger partial charge in [-0.15, -0.1) is 0 Å². The van der Waals surface area contributed by atoms with Gasteiger partial charge in [0, 0.05) is 17.3 Å². The average Bonchev–Trinajstić information content (AvgIpc) is 2.93. The highest BCUT2D eigenvalue weighted by atomic mass is 16.5. The van der Waals surface area contributed by atoms with Crippen LogP contribution in [0.2, 0.25) is 0 Å². The lowest BCUT2D eigenvalue weighted by Crippen LogP contribution is -2.41. The molecule has 6 heteroatoms. The Morgan fingerprint density at radius 1 is 1.38 bits per heavy atom. The first-order valence-corrected chi connectivity index (χ1v) is 7.13. The Balaban J connectivity index is 2.00. The Labute approximate surface area is 124 Å². The molecule has 0 bridgehead atoms. The molecule has 4 N–H and O–H groups in total. The van der Waals surface area contributed by atoms with Crippen LogP contribution >= 0.6 is 0 Å². The predicted molar refractivity (Wildman–Crippen MR) is 80.0 cm³/mol. The highest BCUT2D eigenvalue weighted by Gasteiger charge is 2.33. The fraction of sp³-hybridized carbons (Fsp3) is 0.467. The molecule has 1 saturated heterocycles. The third kappa shape index (κ3) is 4.03. The van der Waals surface area contributed by atoms with Crippen LogP contribution in [0.15, 0.2) is 24.3 Å². The van der Waals surface area contributed by atoms with E-state index in [0.29, 0.717) is 24.5 Å². The van der Waals surface area contributed by atoms with Crippen LogP contribution in [0, 0.1) is 5.92 Å². The van der Waals surface area contributed by atoms with E-state index in [9.17, 15) is 9.59 Å². The molecule has 2 rings (SSSR count). The van der Waals surface area contributed by atoms with Gasteiger partial charge in [-0.05, 0) is 31.2 Å². The van der Waals surface area contributed by atoms with Crippen molar-refractivity contribution in [2.45, 2.75) is 19.4 Å². The van der Waals surface area contributed by atoms with Gasteiger partial charge in [-0.2, -0.15) is 0 Å². The van der Waals surface area contributed by atoms with Crippen molar-refractivity contribution in [1.82, 2.24) is 5.32 Å². The number of ether oxygens (including phenoxy) is 1. The van der Waals surface area contributed by atoms with Crippen LogP contribution in [-0.2, 0) is 9.53 Å². The minimum atomic E-state index is -0.516. The number of nitrogens with one attached hydrogen (secondary N) is 2. The maximum Gasteiger partial charge on any atom is 0.248 e. The summed E-state index contributed by atoms with van der Waals surface area (Å²) in [7, 11) is 0. The number of primary amides is 1. The molecule has 1 aromatic rings. The number of carbonyl (C=O) groups is 2. The van der Waals surface area contributed by atoms with Gasteiger partial charge >= 0.3 is 0 Å². The van der Waals surface area contributed by atoms with Crippen LogP contribution in [0.1, 0.15) is 23.7 Å². The largest absolute Gasteiger partial charge is 0.379 e. The highest BCUT2D eigenvalue weighted by molar-refractivity contribution is 5.97. The Bertz CT molecular complexity index is 519. The molecular formula is C15H21N3O3. The van der Waals surface area contributed by atoms with E-state index in [1.165, 1.54) is 0 Å². The number of anilines is 1. The molecule has 0 saturated carbocycles. The topological polar surface area (TPSA) is 93.4 Å². The van der Waals surface area contributed by atoms with Gasteiger partial charge in [0.05, 0.1) is 19.1 Å². The molecule has 21 heavy (non-hydrogen) atoms. The lowest BCUT2D eigenvalue weighted by molar-refractivity contribution is -0.120. The van der Waals surface area contributed by atoms with Gasteiger partial charge in [0.15, 0.2) is 0 Å². The van der Waals surface area contributed by atoms with Gasteiger partial charge in [-0.25, -0.2) is 0 Å². The lowest BCUT2D eigenvalue weighted by Gasteiger charge is -2.18. The van der Waals surface area contributed by atoms with Gasteiger partial charge in [0.1, 0.15) is 0 Å². The molecule has 1 fully saturated rings. The summed E-state index contributed by atoms with van der Waals surface area (Å²) in [5.41, 5.74) is 6.17. The fourth-order valence-corrected chi connectivity index (χ4v) is 2.33. The van der Waals surface area contributed by atoms with Gasteiger partial charge in [0.25, 0.3) is 0 Å². The van der Waals surface area contributed by atoms with Crippen LogP contribution < -0.4 is 16.4 Å². The smallest absolute Gasteiger partial charge is 0.248 e. The van der Waals surface area contributed by atoms with Crippen molar-refractivity contribution in [3.63, 3.8) is 0 Å². The molecule has 1 heterocycles. The number of carbonyl (C=O) groups excluding carboxylic acids is 2. The van der Waals surface area contributed by atoms with E-state index < -0.39 is 5.91 Å². The summed E-state index contributed by atoms with van der Waals surface area (Å²) in [6.45, 7) is 3.88. The molecule has 0 aliphatic carbocycles. The van der Waals surface area contributed by atoms with Crippen LogP contribution in [0.3, 0.4) is 0 Å². The number of hydrogen-bond acceptors (Lipinski definition) is 4. The third-order valence-electron chi connectivity index (χ3n) is 3.49. The molecule has 1 aromatic carbocycles. The molecular weight excluding hydrogens is 270 g/mol. The molecule has 6 nitrogen and oxygen atoms in total. The standard InChI is InChI=1S/C15H21N3O3/c1-2-6-17-13-9-21-8-12(13)15(20)18-11-5-3-4-10(7-11)14(16)19/h3-5,7,12-13,17H,2,6,8-9H2,1H3,(H2,16,19)(H,18,20). The summed E-state index contributed by atoms with van der Waals surface area (Å²) < 4.78 is 5.39. The SMILES string of the molecule is CCCNC1COCC1C(=O)Nc1cccc(C(N)=O)c1. The quantitative estimate of drug-likeness (QED) is 0.720. The minimum Gasteiger partial charge on any atom is -0.379 e. The average molecular weight is 291 g/mol. The molecule has 2 atom stereocenters. The van der Waals surface area contributed by atoms with Crippen LogP contribution in [-0.4, -0.2) is 37.6 Å². The van der Waals surface area contributed by atoms with Crippen molar-refractivity contribution in [2.75, 3.05) is 25.1 Å². The Morgan fingerprint density at radius 2 is 2.19 bits per heavy atom. The number of amides is 2. The first-order chi connectivity index (χ1) is 10.1. The van der Waals surface area contributed by atoms with E-state index in [0.717, 1.165) is 13.0 Å². The zero-order chi connectivity index (χ0) is 15.2. The third-order valence-corrected chi connectivity index (χ3v) is 3.49. The van der Waals surface area contributed by atoms with E-state index in [1.807, 2.05) is 0 Å². The number of hydrogen-bond donors (Lipinski definition) is 3. The Kier molecular flexibility index (Phi) is 5.30. The van der Waals surface area contributed by atoms with Crippen molar-refractivity contribution in [2.24, 2.45) is 11.7 Å². The van der Waals surface area contributed by atoms with Crippen molar-refractivity contribution < 1.29 is 14.3 Å². The van der Waals surface area contributed by atoms with E-state index in [1.54, 1.807) is 24.3 Å². The zero-order valence-corrected chi connectivity index (χ0v) is 12.1. The molecule has 0 aromatic heterocycles. The van der Waals surface area contributed by atoms with Crippen molar-refractivity contribution in [3.05, 3.63) is 29.8 Å². The summed E-state index contributed by atoms with van der Waals surface area (Å²) in [5.74, 6) is -0.853. The van der Waals surface area contributed by atoms with E-state index in [-0.39, 0.29) is 17.9 Å². The Morgan fingerprint density at radius 3 is 2.90 bits per heavy atom. The second-order valence-corrected chi connectivity index (χ2v) is 5.14. The maximum absolute atomic E-state index is 12.3. The molecule has 114 valence electrons. The number of rotatable bonds is 6. The predicted octanol–water partition coefficient (Wildman–Crippen LogP) is 0.739. The zero-order valence-electron chi connectivity index (χ0n) is 12.1. The maximum atomic E-state index is 12.3. The summed E-state index contributed by atoms with van der Waals surface area (Å²) >= 11 is 0. The first-order valence-electron chi connectivity index (χ1n) is 7.13. The van der Waals surface area contributed by atoms with Crippen molar-refractivity contribution >= 4 is 17.5 Å². The lowest BCUT2D eigenvalue weighted by atomic mass is 10.0. The van der Waals surface area contributed by atoms with Crippen LogP contribution in [0.4, 0.5) is 5.69 Å². The summed E-state index contributed by atoms with van der Waals surface area (Å²) in [6.07, 6.45) is 1.01. The second-order valence-electron chi connectivity index (χ2n) is 5.14. The second kappa shape index (κ2) is 7.19. The summed E-state index contributed by atoms with van der Waals surface area (Å²) in [4.78, 5) is 23.5. The monoisotopic (exact) mass is 291 g/mol. The molecule has 0 radical (unpaired) electrons. The normalized spacial score (nSPS) is 21.2. The molecule has 1 aliphatic heterocycles. The molecule has 2 amide bonds. The summed E-state index contributed by atoms with van der Waals surface area (Å²) in [5, 5.41) is 6.14. The van der Waals surface area contributed by atoms with Crippen molar-refractivity contribution in [3.8, 4) is 0 Å². The molecule has 2 unspecified atom stereocenters. The Hall–Kier alpha value is -1.92.